The molecule has 0 bridgehead atoms. The number of benzene rings is 1. The van der Waals surface area contributed by atoms with Crippen LogP contribution in [-0.2, 0) is 0 Å². The zero-order chi connectivity index (χ0) is 13.8. The summed E-state index contributed by atoms with van der Waals surface area (Å²) in [5.74, 6) is 0. The summed E-state index contributed by atoms with van der Waals surface area (Å²) in [7, 11) is 0. The number of para-hydroxylation sites is 1. The van der Waals surface area contributed by atoms with Crippen molar-refractivity contribution in [2.45, 2.75) is 18.9 Å². The van der Waals surface area contributed by atoms with Crippen LogP contribution in [-0.4, -0.2) is 40.2 Å². The number of likely N-dealkylation sites (tertiary alicyclic amines) is 1. The number of nitrogens with two attached hydrogens (primary N) is 1. The third kappa shape index (κ3) is 3.35. The average Bonchev–Trinajstić information content (AvgIpc) is 2.39. The first-order valence-electron chi connectivity index (χ1n) is 6.21. The first-order chi connectivity index (χ1) is 9.08. The molecule has 1 fully saturated rings. The monoisotopic (exact) mass is 279 g/mol. The van der Waals surface area contributed by atoms with Gasteiger partial charge in [-0.05, 0) is 25.0 Å². The van der Waals surface area contributed by atoms with Gasteiger partial charge in [0, 0.05) is 30.4 Å². The van der Waals surface area contributed by atoms with Crippen molar-refractivity contribution in [3.05, 3.63) is 29.8 Å². The van der Waals surface area contributed by atoms with E-state index in [1.54, 1.807) is 0 Å². The Morgan fingerprint density at radius 3 is 2.58 bits per heavy atom. The molecule has 1 amide bonds. The lowest BCUT2D eigenvalue weighted by atomic mass is 10.0. The molecule has 5 nitrogen and oxygen atoms in total. The van der Waals surface area contributed by atoms with Gasteiger partial charge in [-0.2, -0.15) is 0 Å². The molecule has 1 heterocycles. The lowest BCUT2D eigenvalue weighted by Gasteiger charge is -2.33. The topological polar surface area (TPSA) is 78.6 Å². The lowest BCUT2D eigenvalue weighted by molar-refractivity contribution is 0.182. The van der Waals surface area contributed by atoms with Crippen LogP contribution < -0.4 is 11.1 Å². The molecule has 1 aliphatic heterocycles. The minimum atomic E-state index is -0.965. The number of anilines is 1. The molecule has 0 aliphatic carbocycles. The van der Waals surface area contributed by atoms with Crippen LogP contribution in [0.2, 0.25) is 0 Å². The van der Waals surface area contributed by atoms with Gasteiger partial charge in [0.2, 0.25) is 0 Å². The molecule has 0 unspecified atom stereocenters. The predicted octanol–water partition coefficient (Wildman–Crippen LogP) is 1.68. The molecule has 1 aromatic rings. The van der Waals surface area contributed by atoms with Crippen LogP contribution in [0.4, 0.5) is 10.5 Å². The second kappa shape index (κ2) is 5.88. The number of hydrogen-bond donors (Lipinski definition) is 3. The maximum Gasteiger partial charge on any atom is 0.404 e. The Labute approximate surface area is 117 Å². The van der Waals surface area contributed by atoms with E-state index < -0.39 is 6.09 Å². The molecular formula is C13H17N3O2S. The molecule has 0 atom stereocenters. The molecule has 0 spiro atoms. The highest BCUT2D eigenvalue weighted by Crippen LogP contribution is 2.18. The first kappa shape index (κ1) is 13.6. The highest BCUT2D eigenvalue weighted by molar-refractivity contribution is 7.80. The number of carbonyl (C=O) groups is 1. The zero-order valence-corrected chi connectivity index (χ0v) is 11.3. The number of nitrogens with one attached hydrogen (secondary N) is 1. The van der Waals surface area contributed by atoms with Crippen molar-refractivity contribution in [2.24, 2.45) is 0 Å². The molecule has 102 valence electrons. The lowest BCUT2D eigenvalue weighted by Crippen LogP contribution is -2.46. The molecule has 0 aromatic heterocycles. The Bertz CT molecular complexity index is 485. The molecule has 4 N–H and O–H groups in total. The number of amides is 1. The molecule has 2 rings (SSSR count). The Kier molecular flexibility index (Phi) is 4.21. The van der Waals surface area contributed by atoms with E-state index in [4.69, 9.17) is 23.1 Å². The molecular weight excluding hydrogens is 262 g/mol. The predicted molar refractivity (Wildman–Crippen MR) is 78.3 cm³/mol. The molecule has 1 aliphatic rings. The molecule has 0 saturated carbocycles. The summed E-state index contributed by atoms with van der Waals surface area (Å²) in [6, 6.07) is 7.56. The number of piperidine rings is 1. The van der Waals surface area contributed by atoms with E-state index in [9.17, 15) is 4.79 Å². The number of hydrogen-bond acceptors (Lipinski definition) is 3. The van der Waals surface area contributed by atoms with Crippen LogP contribution in [0, 0.1) is 0 Å². The third-order valence-corrected chi connectivity index (χ3v) is 3.78. The van der Waals surface area contributed by atoms with Crippen molar-refractivity contribution in [1.82, 2.24) is 10.2 Å². The Hall–Kier alpha value is -1.82. The molecule has 19 heavy (non-hydrogen) atoms. The van der Waals surface area contributed by atoms with Gasteiger partial charge in [0.05, 0.1) is 0 Å². The molecule has 1 saturated heterocycles. The Balaban J connectivity index is 1.96. The van der Waals surface area contributed by atoms with Gasteiger partial charge in [-0.25, -0.2) is 4.79 Å². The second-order valence-electron chi connectivity index (χ2n) is 4.60. The number of nitrogens with zero attached hydrogens (tertiary/aromatic N) is 1. The Morgan fingerprint density at radius 2 is 2.00 bits per heavy atom. The van der Waals surface area contributed by atoms with Crippen LogP contribution in [0.15, 0.2) is 24.3 Å². The van der Waals surface area contributed by atoms with Crippen LogP contribution in [0.5, 0.6) is 0 Å². The summed E-state index contributed by atoms with van der Waals surface area (Å²) < 4.78 is 0. The first-order valence-corrected chi connectivity index (χ1v) is 6.62. The van der Waals surface area contributed by atoms with Crippen molar-refractivity contribution in [2.75, 3.05) is 18.8 Å². The fraction of sp³-hybridized carbons (Fsp3) is 0.385. The molecule has 1 aromatic carbocycles. The highest BCUT2D eigenvalue weighted by Gasteiger charge is 2.23. The summed E-state index contributed by atoms with van der Waals surface area (Å²) >= 11 is 5.46. The minimum Gasteiger partial charge on any atom is -0.465 e. The van der Waals surface area contributed by atoms with Crippen molar-refractivity contribution < 1.29 is 9.90 Å². The highest BCUT2D eigenvalue weighted by atomic mass is 32.1. The van der Waals surface area contributed by atoms with Crippen LogP contribution in [0.3, 0.4) is 0 Å². The van der Waals surface area contributed by atoms with Gasteiger partial charge >= 0.3 is 6.09 Å². The van der Waals surface area contributed by atoms with E-state index in [0.29, 0.717) is 5.69 Å². The SMILES string of the molecule is Nc1ccccc1C(=S)N1CCC(NC(=O)O)CC1. The van der Waals surface area contributed by atoms with Crippen molar-refractivity contribution >= 4 is 29.0 Å². The molecule has 6 heteroatoms. The summed E-state index contributed by atoms with van der Waals surface area (Å²) in [5, 5.41) is 11.2. The smallest absolute Gasteiger partial charge is 0.404 e. The number of rotatable bonds is 2. The van der Waals surface area contributed by atoms with Crippen molar-refractivity contribution in [1.29, 1.82) is 0 Å². The van der Waals surface area contributed by atoms with Gasteiger partial charge in [0.15, 0.2) is 0 Å². The van der Waals surface area contributed by atoms with Crippen LogP contribution >= 0.6 is 12.2 Å². The maximum absolute atomic E-state index is 10.6. The van der Waals surface area contributed by atoms with Crippen LogP contribution in [0.25, 0.3) is 0 Å². The number of nitrogen functional groups attached to an aromatic ring is 1. The minimum absolute atomic E-state index is 0.0182. The quantitative estimate of drug-likeness (QED) is 0.567. The van der Waals surface area contributed by atoms with Gasteiger partial charge in [-0.3, -0.25) is 0 Å². The molecule has 0 radical (unpaired) electrons. The number of thiocarbonyl (C=S) groups is 1. The average molecular weight is 279 g/mol. The van der Waals surface area contributed by atoms with E-state index in [1.165, 1.54) is 0 Å². The number of carboxylic acid groups (broad SMARTS) is 1. The van der Waals surface area contributed by atoms with E-state index in [2.05, 4.69) is 10.2 Å². The van der Waals surface area contributed by atoms with E-state index in [0.717, 1.165) is 36.5 Å². The third-order valence-electron chi connectivity index (χ3n) is 3.30. The zero-order valence-electron chi connectivity index (χ0n) is 10.5. The summed E-state index contributed by atoms with van der Waals surface area (Å²) in [5.41, 5.74) is 7.47. The second-order valence-corrected chi connectivity index (χ2v) is 4.99. The maximum atomic E-state index is 10.6. The van der Waals surface area contributed by atoms with Crippen LogP contribution in [0.1, 0.15) is 18.4 Å². The standard InChI is InChI=1S/C13H17N3O2S/c14-11-4-2-1-3-10(11)12(19)16-7-5-9(6-8-16)15-13(17)18/h1-4,9,15H,5-8,14H2,(H,17,18). The normalized spacial score (nSPS) is 16.1. The van der Waals surface area contributed by atoms with Gasteiger partial charge in [-0.15, -0.1) is 0 Å². The van der Waals surface area contributed by atoms with Gasteiger partial charge < -0.3 is 21.1 Å². The summed E-state index contributed by atoms with van der Waals surface area (Å²) in [6.45, 7) is 1.50. The van der Waals surface area contributed by atoms with Gasteiger partial charge in [0.25, 0.3) is 0 Å². The Morgan fingerprint density at radius 1 is 1.37 bits per heavy atom. The van der Waals surface area contributed by atoms with E-state index in [-0.39, 0.29) is 6.04 Å². The van der Waals surface area contributed by atoms with Gasteiger partial charge in [0.1, 0.15) is 4.99 Å². The van der Waals surface area contributed by atoms with Gasteiger partial charge in [-0.1, -0.05) is 24.4 Å². The largest absolute Gasteiger partial charge is 0.465 e. The fourth-order valence-corrected chi connectivity index (χ4v) is 2.63. The van der Waals surface area contributed by atoms with E-state index >= 15 is 0 Å². The van der Waals surface area contributed by atoms with E-state index in [1.807, 2.05) is 24.3 Å². The fourth-order valence-electron chi connectivity index (χ4n) is 2.26. The van der Waals surface area contributed by atoms with Crippen molar-refractivity contribution in [3.63, 3.8) is 0 Å². The summed E-state index contributed by atoms with van der Waals surface area (Å²) in [4.78, 5) is 13.4. The summed E-state index contributed by atoms with van der Waals surface area (Å²) in [6.07, 6.45) is 0.562. The van der Waals surface area contributed by atoms with Crippen molar-refractivity contribution in [3.8, 4) is 0 Å².